The molecule has 1 fully saturated rings. The fourth-order valence-corrected chi connectivity index (χ4v) is 4.19. The number of nitrogens with zero attached hydrogens (tertiary/aromatic N) is 6. The molecule has 11 heteroatoms. The Balaban J connectivity index is 1.17. The van der Waals surface area contributed by atoms with E-state index in [1.54, 1.807) is 12.6 Å². The Bertz CT molecular complexity index is 1170. The number of piperazine rings is 1. The number of carboxylic acid groups (broad SMARTS) is 1. The van der Waals surface area contributed by atoms with Gasteiger partial charge < -0.3 is 23.9 Å². The van der Waals surface area contributed by atoms with Crippen LogP contribution in [0.2, 0.25) is 0 Å². The first-order valence-electron chi connectivity index (χ1n) is 12.5. The van der Waals surface area contributed by atoms with Gasteiger partial charge in [-0.2, -0.15) is 0 Å². The van der Waals surface area contributed by atoms with Crippen LogP contribution in [0.15, 0.2) is 59.8 Å². The highest BCUT2D eigenvalue weighted by molar-refractivity contribution is 5.67. The van der Waals surface area contributed by atoms with Gasteiger partial charge in [0.1, 0.15) is 24.5 Å². The molecule has 11 nitrogen and oxygen atoms in total. The molecule has 1 aliphatic rings. The molecule has 0 aromatic carbocycles. The maximum atomic E-state index is 10.4. The number of carbonyl (C=O) groups is 1. The summed E-state index contributed by atoms with van der Waals surface area (Å²) in [4.78, 5) is 19.7. The zero-order valence-corrected chi connectivity index (χ0v) is 21.0. The summed E-state index contributed by atoms with van der Waals surface area (Å²) in [7, 11) is 0. The van der Waals surface area contributed by atoms with Gasteiger partial charge in [0.05, 0.1) is 26.1 Å². The molecular formula is C26H34N6O5. The van der Waals surface area contributed by atoms with Gasteiger partial charge in [0.2, 0.25) is 0 Å². The van der Waals surface area contributed by atoms with Crippen molar-refractivity contribution in [1.29, 1.82) is 0 Å². The molecule has 0 amide bonds. The van der Waals surface area contributed by atoms with Crippen LogP contribution < -0.4 is 0 Å². The molecule has 4 rings (SSSR count). The largest absolute Gasteiger partial charge is 0.480 e. The summed E-state index contributed by atoms with van der Waals surface area (Å²) in [6.07, 6.45) is 11.7. The molecule has 4 heterocycles. The maximum Gasteiger partial charge on any atom is 0.329 e. The summed E-state index contributed by atoms with van der Waals surface area (Å²) >= 11 is 0. The Morgan fingerprint density at radius 2 is 2.00 bits per heavy atom. The standard InChI is InChI=1S/C26H34N6O5/c1-21(31-11-9-30(10-12-31)13-15-35-16-17-36-19-25(33)34)4-2-5-22-18-27-24(32-20-28-29-26(22)32)8-7-23-6-3-14-37-23/h2-4,6,14,18,20H,1,5,7-13,15-17,19H2,(H,33,34)/b4-2-. The van der Waals surface area contributed by atoms with E-state index in [1.807, 2.05) is 22.7 Å². The van der Waals surface area contributed by atoms with Crippen molar-refractivity contribution in [3.05, 3.63) is 72.5 Å². The fraction of sp³-hybridized carbons (Fsp3) is 0.462. The second-order valence-corrected chi connectivity index (χ2v) is 8.79. The smallest absolute Gasteiger partial charge is 0.329 e. The molecule has 37 heavy (non-hydrogen) atoms. The molecule has 1 aliphatic heterocycles. The zero-order chi connectivity index (χ0) is 25.9. The third-order valence-electron chi connectivity index (χ3n) is 6.23. The van der Waals surface area contributed by atoms with Crippen molar-refractivity contribution in [2.24, 2.45) is 0 Å². The van der Waals surface area contributed by atoms with Crippen LogP contribution in [0.4, 0.5) is 0 Å². The first-order chi connectivity index (χ1) is 18.1. The Morgan fingerprint density at radius 3 is 2.78 bits per heavy atom. The topological polar surface area (TPSA) is 118 Å². The van der Waals surface area contributed by atoms with Crippen LogP contribution in [0.1, 0.15) is 17.1 Å². The highest BCUT2D eigenvalue weighted by atomic mass is 16.5. The summed E-state index contributed by atoms with van der Waals surface area (Å²) < 4.78 is 17.9. The van der Waals surface area contributed by atoms with Crippen molar-refractivity contribution in [3.8, 4) is 0 Å². The van der Waals surface area contributed by atoms with E-state index in [-0.39, 0.29) is 6.61 Å². The minimum Gasteiger partial charge on any atom is -0.480 e. The Morgan fingerprint density at radius 1 is 1.16 bits per heavy atom. The first-order valence-corrected chi connectivity index (χ1v) is 12.5. The van der Waals surface area contributed by atoms with Gasteiger partial charge in [-0.3, -0.25) is 9.30 Å². The number of carboxylic acids is 1. The molecule has 198 valence electrons. The SMILES string of the molecule is C=C(/C=C\Cc1cnc(CCc2ccco2)n2cnnc12)N1CCN(CCOCCOCC(=O)O)CC1. The number of aliphatic carboxylic acids is 1. The van der Waals surface area contributed by atoms with E-state index in [9.17, 15) is 4.79 Å². The number of allylic oxidation sites excluding steroid dienone is 2. The quantitative estimate of drug-likeness (QED) is 0.240. The molecule has 1 saturated heterocycles. The summed E-state index contributed by atoms with van der Waals surface area (Å²) in [6, 6.07) is 3.86. The van der Waals surface area contributed by atoms with Crippen molar-refractivity contribution >= 4 is 11.6 Å². The molecule has 0 unspecified atom stereocenters. The van der Waals surface area contributed by atoms with Crippen molar-refractivity contribution in [2.45, 2.75) is 19.3 Å². The number of hydrogen-bond donors (Lipinski definition) is 1. The molecule has 3 aromatic heterocycles. The molecule has 3 aromatic rings. The second-order valence-electron chi connectivity index (χ2n) is 8.79. The van der Waals surface area contributed by atoms with Crippen molar-refractivity contribution in [2.75, 3.05) is 59.2 Å². The molecule has 1 N–H and O–H groups in total. The average Bonchev–Trinajstić information content (AvgIpc) is 3.60. The van der Waals surface area contributed by atoms with E-state index in [1.165, 1.54) is 0 Å². The summed E-state index contributed by atoms with van der Waals surface area (Å²) in [5, 5.41) is 16.9. The predicted octanol–water partition coefficient (Wildman–Crippen LogP) is 1.85. The van der Waals surface area contributed by atoms with Crippen LogP contribution in [-0.4, -0.2) is 99.6 Å². The molecular weight excluding hydrogens is 476 g/mol. The molecule has 0 atom stereocenters. The van der Waals surface area contributed by atoms with Crippen molar-refractivity contribution in [1.82, 2.24) is 29.4 Å². The van der Waals surface area contributed by atoms with Crippen LogP contribution in [0.5, 0.6) is 0 Å². The lowest BCUT2D eigenvalue weighted by atomic mass is 10.2. The summed E-state index contributed by atoms with van der Waals surface area (Å²) in [6.45, 7) is 9.79. The molecule has 0 spiro atoms. The van der Waals surface area contributed by atoms with E-state index in [0.717, 1.165) is 74.1 Å². The Kier molecular flexibility index (Phi) is 9.81. The van der Waals surface area contributed by atoms with Gasteiger partial charge in [-0.15, -0.1) is 10.2 Å². The molecule has 0 bridgehead atoms. The van der Waals surface area contributed by atoms with Gasteiger partial charge in [-0.25, -0.2) is 9.78 Å². The van der Waals surface area contributed by atoms with Crippen molar-refractivity contribution < 1.29 is 23.8 Å². The number of aromatic nitrogens is 4. The number of rotatable bonds is 15. The van der Waals surface area contributed by atoms with E-state index in [4.69, 9.17) is 19.0 Å². The van der Waals surface area contributed by atoms with Crippen LogP contribution in [-0.2, 0) is 33.5 Å². The predicted molar refractivity (Wildman–Crippen MR) is 136 cm³/mol. The lowest BCUT2D eigenvalue weighted by molar-refractivity contribution is -0.142. The fourth-order valence-electron chi connectivity index (χ4n) is 4.19. The van der Waals surface area contributed by atoms with Gasteiger partial charge in [0.15, 0.2) is 5.65 Å². The summed E-state index contributed by atoms with van der Waals surface area (Å²) in [5.74, 6) is 0.872. The third-order valence-corrected chi connectivity index (χ3v) is 6.23. The van der Waals surface area contributed by atoms with E-state index >= 15 is 0 Å². The molecule has 0 saturated carbocycles. The lowest BCUT2D eigenvalue weighted by Crippen LogP contribution is -2.46. The molecule has 0 radical (unpaired) electrons. The average molecular weight is 511 g/mol. The summed E-state index contributed by atoms with van der Waals surface area (Å²) in [5.41, 5.74) is 2.83. The van der Waals surface area contributed by atoms with Gasteiger partial charge in [-0.1, -0.05) is 12.7 Å². The Hall–Kier alpha value is -3.54. The van der Waals surface area contributed by atoms with Crippen LogP contribution >= 0.6 is 0 Å². The minimum absolute atomic E-state index is 0.287. The highest BCUT2D eigenvalue weighted by Gasteiger charge is 2.16. The number of furan rings is 1. The monoisotopic (exact) mass is 510 g/mol. The number of fused-ring (bicyclic) bond motifs is 1. The van der Waals surface area contributed by atoms with Gasteiger partial charge in [0.25, 0.3) is 0 Å². The number of hydrogen-bond acceptors (Lipinski definition) is 9. The molecule has 0 aliphatic carbocycles. The van der Waals surface area contributed by atoms with Crippen LogP contribution in [0, 0.1) is 0 Å². The highest BCUT2D eigenvalue weighted by Crippen LogP contribution is 2.14. The van der Waals surface area contributed by atoms with Gasteiger partial charge in [-0.05, 0) is 24.6 Å². The third kappa shape index (κ3) is 7.97. The van der Waals surface area contributed by atoms with Gasteiger partial charge in [0, 0.05) is 63.0 Å². The van der Waals surface area contributed by atoms with E-state index in [2.05, 4.69) is 43.7 Å². The van der Waals surface area contributed by atoms with E-state index in [0.29, 0.717) is 26.2 Å². The maximum absolute atomic E-state index is 10.4. The van der Waals surface area contributed by atoms with Crippen LogP contribution in [0.25, 0.3) is 5.65 Å². The van der Waals surface area contributed by atoms with Crippen LogP contribution in [0.3, 0.4) is 0 Å². The number of aryl methyl sites for hydroxylation is 2. The second kappa shape index (κ2) is 13.7. The minimum atomic E-state index is -0.967. The van der Waals surface area contributed by atoms with Gasteiger partial charge >= 0.3 is 5.97 Å². The van der Waals surface area contributed by atoms with Crippen molar-refractivity contribution in [3.63, 3.8) is 0 Å². The number of ether oxygens (including phenoxy) is 2. The zero-order valence-electron chi connectivity index (χ0n) is 21.0. The Labute approximate surface area is 216 Å². The lowest BCUT2D eigenvalue weighted by Gasteiger charge is -2.36. The normalized spacial score (nSPS) is 14.6. The van der Waals surface area contributed by atoms with E-state index < -0.39 is 5.97 Å². The first kappa shape index (κ1) is 26.5.